The van der Waals surface area contributed by atoms with Gasteiger partial charge in [0, 0.05) is 30.6 Å². The van der Waals surface area contributed by atoms with Gasteiger partial charge in [-0.15, -0.1) is 11.8 Å². The Morgan fingerprint density at radius 2 is 1.94 bits per heavy atom. The molecule has 1 aromatic heterocycles. The molecule has 2 aromatic rings. The molecule has 0 aliphatic heterocycles. The summed E-state index contributed by atoms with van der Waals surface area (Å²) in [6, 6.07) is 11.2. The first-order valence-corrected chi connectivity index (χ1v) is 14.6. The highest BCUT2D eigenvalue weighted by molar-refractivity contribution is 7.98. The van der Waals surface area contributed by atoms with Gasteiger partial charge in [0.05, 0.1) is 6.20 Å². The standard InChI is InChI=1S/C28H38N6OS/c1-36-24-7-3-2-6-20(24)16-31-27-32-17-23(15-29)26(34-27)33-18-28-12-19-10-21(13-28)25(22(11-19)14-28)30-8-4-5-9-35/h2-3,6-7,17,19,21-22,25,30,35H,4-5,8-14,16,18H2,1H3,(H2,31,32,33,34)/t19?,21-,22+,25?,28?. The molecule has 36 heavy (non-hydrogen) atoms. The Labute approximate surface area is 218 Å². The molecular weight excluding hydrogens is 468 g/mol. The van der Waals surface area contributed by atoms with Crippen molar-refractivity contribution in [3.8, 4) is 6.07 Å². The van der Waals surface area contributed by atoms with E-state index >= 15 is 0 Å². The third-order valence-electron chi connectivity index (χ3n) is 8.53. The number of aliphatic hydroxyl groups excluding tert-OH is 1. The highest BCUT2D eigenvalue weighted by atomic mass is 32.2. The van der Waals surface area contributed by atoms with Crippen LogP contribution in [0.15, 0.2) is 35.4 Å². The number of nitrogens with one attached hydrogen (secondary N) is 3. The molecule has 0 saturated heterocycles. The van der Waals surface area contributed by atoms with Crippen molar-refractivity contribution in [1.29, 1.82) is 5.26 Å². The van der Waals surface area contributed by atoms with Gasteiger partial charge in [-0.3, -0.25) is 0 Å². The average molecular weight is 507 g/mol. The van der Waals surface area contributed by atoms with Gasteiger partial charge in [-0.2, -0.15) is 10.2 Å². The van der Waals surface area contributed by atoms with Gasteiger partial charge in [0.15, 0.2) is 0 Å². The molecule has 5 atom stereocenters. The van der Waals surface area contributed by atoms with Crippen LogP contribution in [0.5, 0.6) is 0 Å². The summed E-state index contributed by atoms with van der Waals surface area (Å²) in [6.45, 7) is 2.81. The lowest BCUT2D eigenvalue weighted by Crippen LogP contribution is -2.59. The van der Waals surface area contributed by atoms with Crippen LogP contribution in [0.1, 0.15) is 56.1 Å². The van der Waals surface area contributed by atoms with Crippen LogP contribution < -0.4 is 16.0 Å². The van der Waals surface area contributed by atoms with Gasteiger partial charge in [0.2, 0.25) is 5.95 Å². The summed E-state index contributed by atoms with van der Waals surface area (Å²) in [6.07, 6.45) is 12.1. The maximum absolute atomic E-state index is 9.68. The second kappa shape index (κ2) is 11.4. The van der Waals surface area contributed by atoms with E-state index in [-0.39, 0.29) is 6.61 Å². The number of nitrogens with zero attached hydrogens (tertiary/aromatic N) is 3. The number of rotatable bonds is 12. The number of aliphatic hydroxyl groups is 1. The molecule has 3 unspecified atom stereocenters. The summed E-state index contributed by atoms with van der Waals surface area (Å²) < 4.78 is 0. The van der Waals surface area contributed by atoms with Crippen molar-refractivity contribution in [2.45, 2.75) is 62.4 Å². The van der Waals surface area contributed by atoms with Crippen LogP contribution in [-0.2, 0) is 6.54 Å². The molecule has 0 spiro atoms. The fraction of sp³-hybridized carbons (Fsp3) is 0.607. The molecule has 0 amide bonds. The Bertz CT molecular complexity index is 1070. The second-order valence-electron chi connectivity index (χ2n) is 11.0. The Morgan fingerprint density at radius 1 is 1.14 bits per heavy atom. The highest BCUT2D eigenvalue weighted by Gasteiger charge is 2.54. The van der Waals surface area contributed by atoms with E-state index in [2.05, 4.69) is 51.5 Å². The topological polar surface area (TPSA) is 106 Å². The normalized spacial score (nSPS) is 28.1. The van der Waals surface area contributed by atoms with Gasteiger partial charge in [-0.05, 0) is 92.5 Å². The fourth-order valence-electron chi connectivity index (χ4n) is 7.23. The zero-order chi connectivity index (χ0) is 25.0. The molecule has 4 bridgehead atoms. The van der Waals surface area contributed by atoms with Gasteiger partial charge < -0.3 is 21.1 Å². The molecule has 8 heteroatoms. The molecule has 1 aromatic carbocycles. The molecule has 4 aliphatic rings. The zero-order valence-corrected chi connectivity index (χ0v) is 22.0. The monoisotopic (exact) mass is 506 g/mol. The van der Waals surface area contributed by atoms with Gasteiger partial charge >= 0.3 is 0 Å². The van der Waals surface area contributed by atoms with Gasteiger partial charge in [0.1, 0.15) is 17.5 Å². The molecule has 7 nitrogen and oxygen atoms in total. The van der Waals surface area contributed by atoms with E-state index in [1.165, 1.54) is 42.6 Å². The Hall–Kier alpha value is -2.34. The molecule has 4 saturated carbocycles. The number of anilines is 2. The third kappa shape index (κ3) is 5.49. The molecular formula is C28H38N6OS. The number of unbranched alkanes of at least 4 members (excludes halogenated alkanes) is 1. The van der Waals surface area contributed by atoms with E-state index in [0.717, 1.165) is 43.7 Å². The van der Waals surface area contributed by atoms with Crippen LogP contribution >= 0.6 is 11.8 Å². The van der Waals surface area contributed by atoms with Crippen molar-refractivity contribution >= 4 is 23.5 Å². The summed E-state index contributed by atoms with van der Waals surface area (Å²) in [5.74, 6) is 3.49. The molecule has 1 heterocycles. The lowest BCUT2D eigenvalue weighted by molar-refractivity contribution is -0.0692. The van der Waals surface area contributed by atoms with Crippen LogP contribution in [-0.4, -0.2) is 47.1 Å². The van der Waals surface area contributed by atoms with E-state index in [1.807, 2.05) is 6.07 Å². The van der Waals surface area contributed by atoms with Crippen molar-refractivity contribution in [1.82, 2.24) is 15.3 Å². The number of hydrogen-bond acceptors (Lipinski definition) is 8. The van der Waals surface area contributed by atoms with Crippen LogP contribution in [0.25, 0.3) is 0 Å². The maximum atomic E-state index is 9.68. The lowest BCUT2D eigenvalue weighted by atomic mass is 9.48. The minimum atomic E-state index is 0.284. The second-order valence-corrected chi connectivity index (χ2v) is 11.8. The van der Waals surface area contributed by atoms with Gasteiger partial charge in [0.25, 0.3) is 0 Å². The summed E-state index contributed by atoms with van der Waals surface area (Å²) >= 11 is 1.73. The first-order chi connectivity index (χ1) is 17.6. The minimum Gasteiger partial charge on any atom is -0.396 e. The van der Waals surface area contributed by atoms with Crippen LogP contribution in [0.3, 0.4) is 0 Å². The number of aromatic nitrogens is 2. The number of thioether (sulfide) groups is 1. The van der Waals surface area contributed by atoms with Crippen molar-refractivity contribution in [3.05, 3.63) is 41.6 Å². The first kappa shape index (κ1) is 25.3. The summed E-state index contributed by atoms with van der Waals surface area (Å²) in [5, 5.41) is 29.6. The van der Waals surface area contributed by atoms with Crippen LogP contribution in [0.4, 0.5) is 11.8 Å². The smallest absolute Gasteiger partial charge is 0.224 e. The van der Waals surface area contributed by atoms with Gasteiger partial charge in [-0.1, -0.05) is 18.2 Å². The van der Waals surface area contributed by atoms with Gasteiger partial charge in [-0.25, -0.2) is 4.98 Å². The van der Waals surface area contributed by atoms with E-state index in [0.29, 0.717) is 35.3 Å². The quantitative estimate of drug-likeness (QED) is 0.243. The Morgan fingerprint density at radius 3 is 2.69 bits per heavy atom. The maximum Gasteiger partial charge on any atom is 0.224 e. The lowest BCUT2D eigenvalue weighted by Gasteiger charge is -2.60. The van der Waals surface area contributed by atoms with Crippen LogP contribution in [0.2, 0.25) is 0 Å². The molecule has 6 rings (SSSR count). The highest BCUT2D eigenvalue weighted by Crippen LogP contribution is 2.60. The van der Waals surface area contributed by atoms with Crippen molar-refractivity contribution in [2.24, 2.45) is 23.2 Å². The zero-order valence-electron chi connectivity index (χ0n) is 21.2. The molecule has 0 radical (unpaired) electrons. The van der Waals surface area contributed by atoms with E-state index in [4.69, 9.17) is 10.1 Å². The number of hydrogen-bond donors (Lipinski definition) is 4. The van der Waals surface area contributed by atoms with E-state index in [9.17, 15) is 5.26 Å². The number of benzene rings is 1. The van der Waals surface area contributed by atoms with Crippen LogP contribution in [0, 0.1) is 34.5 Å². The predicted molar refractivity (Wildman–Crippen MR) is 145 cm³/mol. The fourth-order valence-corrected chi connectivity index (χ4v) is 7.84. The average Bonchev–Trinajstić information content (AvgIpc) is 2.90. The summed E-state index contributed by atoms with van der Waals surface area (Å²) in [4.78, 5) is 10.3. The van der Waals surface area contributed by atoms with Crippen molar-refractivity contribution in [2.75, 3.05) is 36.6 Å². The Balaban J connectivity index is 1.23. The predicted octanol–water partition coefficient (Wildman–Crippen LogP) is 4.65. The number of nitriles is 1. The third-order valence-corrected chi connectivity index (χ3v) is 9.37. The SMILES string of the molecule is CSc1ccccc1CNc1ncc(C#N)c(NCC23CC4C[C@H](C2)C(NCCCCO)[C@@H](C4)C3)n1. The Kier molecular flexibility index (Phi) is 8.00. The molecule has 4 N–H and O–H groups in total. The van der Waals surface area contributed by atoms with Crippen molar-refractivity contribution in [3.63, 3.8) is 0 Å². The minimum absolute atomic E-state index is 0.284. The first-order valence-electron chi connectivity index (χ1n) is 13.3. The molecule has 4 aliphatic carbocycles. The van der Waals surface area contributed by atoms with E-state index < -0.39 is 0 Å². The molecule has 4 fully saturated rings. The largest absolute Gasteiger partial charge is 0.396 e. The van der Waals surface area contributed by atoms with E-state index in [1.54, 1.807) is 18.0 Å². The molecule has 192 valence electrons. The van der Waals surface area contributed by atoms with Crippen molar-refractivity contribution < 1.29 is 5.11 Å². The summed E-state index contributed by atoms with van der Waals surface area (Å²) in [7, 11) is 0. The summed E-state index contributed by atoms with van der Waals surface area (Å²) in [5.41, 5.74) is 2.00.